The van der Waals surface area contributed by atoms with Crippen molar-refractivity contribution in [2.45, 2.75) is 13.8 Å². The number of rotatable bonds is 0. The Balaban J connectivity index is 3.43. The van der Waals surface area contributed by atoms with E-state index in [4.69, 9.17) is 5.73 Å². The predicted octanol–water partition coefficient (Wildman–Crippen LogP) is 0.574. The highest BCUT2D eigenvalue weighted by molar-refractivity contribution is 5.39. The summed E-state index contributed by atoms with van der Waals surface area (Å²) in [6, 6.07) is 1.77. The Morgan fingerprint density at radius 2 is 2.00 bits per heavy atom. The maximum absolute atomic E-state index is 10.9. The van der Waals surface area contributed by atoms with Crippen LogP contribution in [-0.2, 0) is 0 Å². The maximum Gasteiger partial charge on any atom is 0.252 e. The molecule has 3 heteroatoms. The van der Waals surface area contributed by atoms with Crippen LogP contribution < -0.4 is 11.3 Å². The molecular formula is C7H10N2O. The first-order valence-electron chi connectivity index (χ1n) is 3.07. The van der Waals surface area contributed by atoms with Crippen molar-refractivity contribution in [3.05, 3.63) is 27.5 Å². The molecule has 1 aromatic heterocycles. The van der Waals surface area contributed by atoms with Gasteiger partial charge in [0.25, 0.3) is 5.56 Å². The largest absolute Gasteiger partial charge is 0.385 e. The van der Waals surface area contributed by atoms with Crippen molar-refractivity contribution in [1.29, 1.82) is 0 Å². The second-order valence-corrected chi connectivity index (χ2v) is 2.38. The van der Waals surface area contributed by atoms with Crippen LogP contribution in [0.2, 0.25) is 0 Å². The lowest BCUT2D eigenvalue weighted by molar-refractivity contribution is 1.16. The van der Waals surface area contributed by atoms with Crippen LogP contribution in [-0.4, -0.2) is 4.98 Å². The highest BCUT2D eigenvalue weighted by atomic mass is 16.1. The third kappa shape index (κ3) is 1.03. The third-order valence-electron chi connectivity index (χ3n) is 1.46. The fourth-order valence-electron chi connectivity index (χ4n) is 0.788. The molecule has 0 aliphatic heterocycles. The lowest BCUT2D eigenvalue weighted by Crippen LogP contribution is -2.12. The van der Waals surface area contributed by atoms with Gasteiger partial charge in [0.1, 0.15) is 5.82 Å². The van der Waals surface area contributed by atoms with E-state index < -0.39 is 0 Å². The number of nitrogens with one attached hydrogen (secondary N) is 1. The molecule has 0 saturated carbocycles. The van der Waals surface area contributed by atoms with Crippen LogP contribution >= 0.6 is 0 Å². The van der Waals surface area contributed by atoms with Gasteiger partial charge in [0, 0.05) is 5.56 Å². The van der Waals surface area contributed by atoms with Crippen LogP contribution in [0.25, 0.3) is 0 Å². The lowest BCUT2D eigenvalue weighted by Gasteiger charge is -1.98. The minimum atomic E-state index is -0.108. The molecule has 1 heterocycles. The Kier molecular flexibility index (Phi) is 1.49. The molecule has 0 amide bonds. The summed E-state index contributed by atoms with van der Waals surface area (Å²) in [7, 11) is 0. The number of hydrogen-bond acceptors (Lipinski definition) is 2. The van der Waals surface area contributed by atoms with Gasteiger partial charge in [-0.1, -0.05) is 0 Å². The number of aryl methyl sites for hydroxylation is 2. The van der Waals surface area contributed by atoms with Gasteiger partial charge in [-0.15, -0.1) is 0 Å². The smallest absolute Gasteiger partial charge is 0.252 e. The molecular weight excluding hydrogens is 128 g/mol. The van der Waals surface area contributed by atoms with Gasteiger partial charge < -0.3 is 10.7 Å². The lowest BCUT2D eigenvalue weighted by atomic mass is 10.2. The first-order valence-corrected chi connectivity index (χ1v) is 3.07. The van der Waals surface area contributed by atoms with E-state index in [9.17, 15) is 4.79 Å². The molecule has 0 fully saturated rings. The van der Waals surface area contributed by atoms with Crippen molar-refractivity contribution in [3.8, 4) is 0 Å². The average Bonchev–Trinajstić information content (AvgIpc) is 1.84. The van der Waals surface area contributed by atoms with Crippen molar-refractivity contribution in [1.82, 2.24) is 4.98 Å². The number of pyridine rings is 1. The summed E-state index contributed by atoms with van der Waals surface area (Å²) < 4.78 is 0. The zero-order valence-electron chi connectivity index (χ0n) is 6.06. The molecule has 0 bridgehead atoms. The van der Waals surface area contributed by atoms with Crippen LogP contribution in [0.4, 0.5) is 5.82 Å². The fourth-order valence-corrected chi connectivity index (χ4v) is 0.788. The molecule has 0 aromatic carbocycles. The third-order valence-corrected chi connectivity index (χ3v) is 1.46. The molecule has 3 N–H and O–H groups in total. The number of aromatic nitrogens is 1. The second-order valence-electron chi connectivity index (χ2n) is 2.38. The SMILES string of the molecule is Cc1cc(C)c(=O)[nH]c1N. The molecule has 1 aromatic rings. The zero-order valence-corrected chi connectivity index (χ0v) is 6.06. The van der Waals surface area contributed by atoms with Gasteiger partial charge in [-0.2, -0.15) is 0 Å². The Labute approximate surface area is 58.9 Å². The number of nitrogens with two attached hydrogens (primary N) is 1. The number of hydrogen-bond donors (Lipinski definition) is 2. The summed E-state index contributed by atoms with van der Waals surface area (Å²) >= 11 is 0. The minimum Gasteiger partial charge on any atom is -0.385 e. The maximum atomic E-state index is 10.9. The average molecular weight is 138 g/mol. The first kappa shape index (κ1) is 6.86. The molecule has 10 heavy (non-hydrogen) atoms. The van der Waals surface area contributed by atoms with Gasteiger partial charge in [0.2, 0.25) is 0 Å². The minimum absolute atomic E-state index is 0.108. The monoisotopic (exact) mass is 138 g/mol. The van der Waals surface area contributed by atoms with Crippen molar-refractivity contribution in [2.24, 2.45) is 0 Å². The highest BCUT2D eigenvalue weighted by Gasteiger charge is 1.96. The van der Waals surface area contributed by atoms with Crippen molar-refractivity contribution in [3.63, 3.8) is 0 Å². The van der Waals surface area contributed by atoms with E-state index in [1.54, 1.807) is 13.0 Å². The fraction of sp³-hybridized carbons (Fsp3) is 0.286. The van der Waals surface area contributed by atoms with Gasteiger partial charge in [-0.25, -0.2) is 0 Å². The van der Waals surface area contributed by atoms with Gasteiger partial charge >= 0.3 is 0 Å². The summed E-state index contributed by atoms with van der Waals surface area (Å²) in [5.74, 6) is 0.454. The van der Waals surface area contributed by atoms with Gasteiger partial charge in [0.15, 0.2) is 0 Å². The van der Waals surface area contributed by atoms with E-state index in [-0.39, 0.29) is 5.56 Å². The molecule has 0 atom stereocenters. The molecule has 0 radical (unpaired) electrons. The van der Waals surface area contributed by atoms with E-state index >= 15 is 0 Å². The van der Waals surface area contributed by atoms with Crippen LogP contribution in [0.1, 0.15) is 11.1 Å². The number of nitrogen functional groups attached to an aromatic ring is 1. The highest BCUT2D eigenvalue weighted by Crippen LogP contribution is 2.03. The normalized spacial score (nSPS) is 9.80. The van der Waals surface area contributed by atoms with Crippen LogP contribution in [0.5, 0.6) is 0 Å². The van der Waals surface area contributed by atoms with Gasteiger partial charge in [-0.3, -0.25) is 4.79 Å². The Hall–Kier alpha value is -1.25. The van der Waals surface area contributed by atoms with Crippen molar-refractivity contribution in [2.75, 3.05) is 5.73 Å². The molecule has 0 unspecified atom stereocenters. The van der Waals surface area contributed by atoms with Gasteiger partial charge in [-0.05, 0) is 25.5 Å². The van der Waals surface area contributed by atoms with E-state index in [1.807, 2.05) is 6.92 Å². The summed E-state index contributed by atoms with van der Waals surface area (Å²) in [6.07, 6.45) is 0. The molecule has 0 aliphatic carbocycles. The number of anilines is 1. The summed E-state index contributed by atoms with van der Waals surface area (Å²) in [6.45, 7) is 3.61. The Morgan fingerprint density at radius 1 is 1.40 bits per heavy atom. The molecule has 0 aliphatic rings. The zero-order chi connectivity index (χ0) is 7.72. The Bertz CT molecular complexity index is 301. The topological polar surface area (TPSA) is 58.9 Å². The summed E-state index contributed by atoms with van der Waals surface area (Å²) in [5, 5.41) is 0. The molecule has 0 spiro atoms. The quantitative estimate of drug-likeness (QED) is 0.550. The molecule has 0 saturated heterocycles. The number of H-pyrrole nitrogens is 1. The van der Waals surface area contributed by atoms with Crippen LogP contribution in [0.3, 0.4) is 0 Å². The van der Waals surface area contributed by atoms with E-state index in [0.717, 1.165) is 5.56 Å². The first-order chi connectivity index (χ1) is 4.61. The van der Waals surface area contributed by atoms with Crippen LogP contribution in [0.15, 0.2) is 10.9 Å². The van der Waals surface area contributed by atoms with E-state index in [2.05, 4.69) is 4.98 Å². The number of aromatic amines is 1. The summed E-state index contributed by atoms with van der Waals surface area (Å²) in [5.41, 5.74) is 6.94. The Morgan fingerprint density at radius 3 is 2.50 bits per heavy atom. The van der Waals surface area contributed by atoms with Crippen molar-refractivity contribution < 1.29 is 0 Å². The van der Waals surface area contributed by atoms with Gasteiger partial charge in [0.05, 0.1) is 0 Å². The standard InChI is InChI=1S/C7H10N2O/c1-4-3-5(2)7(10)9-6(4)8/h3H,1-2H3,(H3,8,9,10). The second kappa shape index (κ2) is 2.17. The molecule has 1 rings (SSSR count). The molecule has 54 valence electrons. The van der Waals surface area contributed by atoms with E-state index in [1.165, 1.54) is 0 Å². The van der Waals surface area contributed by atoms with E-state index in [0.29, 0.717) is 11.4 Å². The predicted molar refractivity (Wildman–Crippen MR) is 40.9 cm³/mol. The summed E-state index contributed by atoms with van der Waals surface area (Å²) in [4.78, 5) is 13.4. The molecule has 3 nitrogen and oxygen atoms in total. The van der Waals surface area contributed by atoms with Crippen LogP contribution in [0, 0.1) is 13.8 Å². The van der Waals surface area contributed by atoms with Crippen molar-refractivity contribution >= 4 is 5.82 Å².